The zero-order valence-electron chi connectivity index (χ0n) is 10.7. The lowest BCUT2D eigenvalue weighted by Crippen LogP contribution is -2.08. The molecule has 0 amide bonds. The highest BCUT2D eigenvalue weighted by Crippen LogP contribution is 2.17. The number of benzene rings is 2. The average molecular weight is 284 g/mol. The first-order valence-electron chi connectivity index (χ1n) is 6.03. The number of esters is 1. The Morgan fingerprint density at radius 1 is 1.14 bits per heavy atom. The summed E-state index contributed by atoms with van der Waals surface area (Å²) in [6.45, 7) is 0. The highest BCUT2D eigenvalue weighted by Gasteiger charge is 2.09. The van der Waals surface area contributed by atoms with Gasteiger partial charge in [0, 0.05) is 6.07 Å². The maximum Gasteiger partial charge on any atom is 0.343 e. The Bertz CT molecular complexity index is 757. The van der Waals surface area contributed by atoms with Crippen molar-refractivity contribution in [2.75, 3.05) is 0 Å². The van der Waals surface area contributed by atoms with Crippen molar-refractivity contribution in [3.8, 4) is 11.4 Å². The van der Waals surface area contributed by atoms with Gasteiger partial charge in [-0.1, -0.05) is 6.07 Å². The van der Waals surface area contributed by atoms with E-state index in [2.05, 4.69) is 15.5 Å². The van der Waals surface area contributed by atoms with Gasteiger partial charge in [-0.2, -0.15) is 0 Å². The fraction of sp³-hybridized carbons (Fsp3) is 0. The van der Waals surface area contributed by atoms with E-state index in [-0.39, 0.29) is 5.56 Å². The Hall–Kier alpha value is -3.09. The topological polar surface area (TPSA) is 69.9 Å². The Kier molecular flexibility index (Phi) is 3.38. The molecule has 3 rings (SSSR count). The van der Waals surface area contributed by atoms with Crippen molar-refractivity contribution in [1.82, 2.24) is 20.2 Å². The molecule has 0 aliphatic heterocycles. The summed E-state index contributed by atoms with van der Waals surface area (Å²) in [5.41, 5.74) is 0.925. The van der Waals surface area contributed by atoms with Gasteiger partial charge in [-0.25, -0.2) is 13.9 Å². The number of nitrogens with zero attached hydrogens (tertiary/aromatic N) is 4. The molecular weight excluding hydrogens is 275 g/mol. The van der Waals surface area contributed by atoms with E-state index in [1.807, 2.05) is 0 Å². The number of hydrogen-bond acceptors (Lipinski definition) is 5. The van der Waals surface area contributed by atoms with E-state index in [1.165, 1.54) is 35.3 Å². The van der Waals surface area contributed by atoms with Gasteiger partial charge in [-0.15, -0.1) is 5.10 Å². The Morgan fingerprint density at radius 2 is 1.95 bits per heavy atom. The van der Waals surface area contributed by atoms with Crippen molar-refractivity contribution in [2.24, 2.45) is 0 Å². The van der Waals surface area contributed by atoms with Crippen molar-refractivity contribution in [3.63, 3.8) is 0 Å². The van der Waals surface area contributed by atoms with Crippen LogP contribution in [0.4, 0.5) is 4.39 Å². The third-order valence-corrected chi connectivity index (χ3v) is 2.72. The van der Waals surface area contributed by atoms with Gasteiger partial charge in [-0.3, -0.25) is 0 Å². The number of halogens is 1. The predicted octanol–water partition coefficient (Wildman–Crippen LogP) is 2.02. The van der Waals surface area contributed by atoms with E-state index in [0.29, 0.717) is 11.4 Å². The first-order valence-corrected chi connectivity index (χ1v) is 6.03. The number of carbonyl (C=O) groups excluding carboxylic acids is 1. The maximum atomic E-state index is 12.8. The molecule has 3 aromatic rings. The van der Waals surface area contributed by atoms with Crippen LogP contribution in [0.3, 0.4) is 0 Å². The van der Waals surface area contributed by atoms with E-state index in [9.17, 15) is 9.18 Å². The Labute approximate surface area is 118 Å². The van der Waals surface area contributed by atoms with Crippen molar-refractivity contribution in [3.05, 3.63) is 66.2 Å². The molecule has 0 N–H and O–H groups in total. The van der Waals surface area contributed by atoms with Gasteiger partial charge in [0.2, 0.25) is 0 Å². The maximum absolute atomic E-state index is 12.8. The molecule has 21 heavy (non-hydrogen) atoms. The minimum absolute atomic E-state index is 0.268. The van der Waals surface area contributed by atoms with Gasteiger partial charge in [0.1, 0.15) is 17.9 Å². The molecule has 0 aliphatic carbocycles. The fourth-order valence-electron chi connectivity index (χ4n) is 1.72. The molecule has 0 aliphatic rings. The van der Waals surface area contributed by atoms with Gasteiger partial charge in [0.25, 0.3) is 0 Å². The van der Waals surface area contributed by atoms with E-state index in [0.717, 1.165) is 0 Å². The molecule has 0 spiro atoms. The summed E-state index contributed by atoms with van der Waals surface area (Å²) in [6.07, 6.45) is 1.43. The summed E-state index contributed by atoms with van der Waals surface area (Å²) in [6, 6.07) is 11.9. The lowest BCUT2D eigenvalue weighted by molar-refractivity contribution is 0.0734. The zero-order chi connectivity index (χ0) is 14.7. The van der Waals surface area contributed by atoms with E-state index in [4.69, 9.17) is 4.74 Å². The summed E-state index contributed by atoms with van der Waals surface area (Å²) in [7, 11) is 0. The summed E-state index contributed by atoms with van der Waals surface area (Å²) < 4.78 is 19.5. The number of aromatic nitrogens is 4. The number of ether oxygens (including phenoxy) is 1. The van der Waals surface area contributed by atoms with Crippen LogP contribution in [-0.4, -0.2) is 26.2 Å². The Balaban J connectivity index is 1.80. The van der Waals surface area contributed by atoms with Crippen LogP contribution in [0.25, 0.3) is 5.69 Å². The highest BCUT2D eigenvalue weighted by molar-refractivity contribution is 5.91. The van der Waals surface area contributed by atoms with Gasteiger partial charge in [0.05, 0.1) is 11.3 Å². The largest absolute Gasteiger partial charge is 0.423 e. The van der Waals surface area contributed by atoms with Crippen LogP contribution in [-0.2, 0) is 0 Å². The van der Waals surface area contributed by atoms with Gasteiger partial charge < -0.3 is 4.74 Å². The molecule has 0 unspecified atom stereocenters. The van der Waals surface area contributed by atoms with Crippen molar-refractivity contribution < 1.29 is 13.9 Å². The van der Waals surface area contributed by atoms with Crippen LogP contribution in [0, 0.1) is 5.82 Å². The molecular formula is C14H9FN4O2. The monoisotopic (exact) mass is 284 g/mol. The lowest BCUT2D eigenvalue weighted by atomic mass is 10.2. The van der Waals surface area contributed by atoms with Gasteiger partial charge >= 0.3 is 5.97 Å². The predicted molar refractivity (Wildman–Crippen MR) is 70.5 cm³/mol. The van der Waals surface area contributed by atoms with Crippen LogP contribution >= 0.6 is 0 Å². The van der Waals surface area contributed by atoms with Gasteiger partial charge in [0.15, 0.2) is 0 Å². The third kappa shape index (κ3) is 2.92. The van der Waals surface area contributed by atoms with Crippen LogP contribution in [0.1, 0.15) is 10.4 Å². The van der Waals surface area contributed by atoms with E-state index in [1.54, 1.807) is 24.3 Å². The quantitative estimate of drug-likeness (QED) is 0.543. The first kappa shape index (κ1) is 12.9. The third-order valence-electron chi connectivity index (χ3n) is 2.72. The zero-order valence-corrected chi connectivity index (χ0v) is 10.7. The van der Waals surface area contributed by atoms with Crippen LogP contribution in [0.2, 0.25) is 0 Å². The molecule has 0 atom stereocenters. The van der Waals surface area contributed by atoms with Crippen LogP contribution < -0.4 is 4.74 Å². The second kappa shape index (κ2) is 5.49. The normalized spacial score (nSPS) is 10.3. The highest BCUT2D eigenvalue weighted by atomic mass is 19.1. The average Bonchev–Trinajstić information content (AvgIpc) is 3.02. The summed E-state index contributed by atoms with van der Waals surface area (Å²) >= 11 is 0. The number of carbonyl (C=O) groups is 1. The molecule has 2 aromatic carbocycles. The SMILES string of the molecule is O=C(Oc1cccc(-n2cnnn2)c1)c1ccc(F)cc1. The smallest absolute Gasteiger partial charge is 0.343 e. The second-order valence-electron chi connectivity index (χ2n) is 4.15. The van der Waals surface area contributed by atoms with Crippen molar-refractivity contribution in [1.29, 1.82) is 0 Å². The van der Waals surface area contributed by atoms with Crippen molar-refractivity contribution >= 4 is 5.97 Å². The van der Waals surface area contributed by atoms with Crippen LogP contribution in [0.15, 0.2) is 54.9 Å². The first-order chi connectivity index (χ1) is 10.2. The summed E-state index contributed by atoms with van der Waals surface area (Å²) in [4.78, 5) is 11.9. The van der Waals surface area contributed by atoms with Crippen LogP contribution in [0.5, 0.6) is 5.75 Å². The lowest BCUT2D eigenvalue weighted by Gasteiger charge is -2.06. The second-order valence-corrected chi connectivity index (χ2v) is 4.15. The molecule has 0 bridgehead atoms. The van der Waals surface area contributed by atoms with Crippen molar-refractivity contribution in [2.45, 2.75) is 0 Å². The molecule has 0 radical (unpaired) electrons. The number of tetrazole rings is 1. The summed E-state index contributed by atoms with van der Waals surface area (Å²) in [5.74, 6) is -0.631. The molecule has 1 heterocycles. The van der Waals surface area contributed by atoms with E-state index >= 15 is 0 Å². The molecule has 0 saturated heterocycles. The standard InChI is InChI=1S/C14H9FN4O2/c15-11-6-4-10(5-7-11)14(20)21-13-3-1-2-12(8-13)19-9-16-17-18-19/h1-9H. The number of rotatable bonds is 3. The molecule has 0 saturated carbocycles. The minimum atomic E-state index is -0.566. The Morgan fingerprint density at radius 3 is 2.67 bits per heavy atom. The molecule has 6 nitrogen and oxygen atoms in total. The van der Waals surface area contributed by atoms with Gasteiger partial charge in [-0.05, 0) is 46.8 Å². The molecule has 0 fully saturated rings. The van der Waals surface area contributed by atoms with E-state index < -0.39 is 11.8 Å². The summed E-state index contributed by atoms with van der Waals surface area (Å²) in [5, 5.41) is 10.8. The molecule has 1 aromatic heterocycles. The molecule has 104 valence electrons. The number of hydrogen-bond donors (Lipinski definition) is 0. The molecule has 7 heteroatoms. The minimum Gasteiger partial charge on any atom is -0.423 e. The fourth-order valence-corrected chi connectivity index (χ4v) is 1.72.